The summed E-state index contributed by atoms with van der Waals surface area (Å²) in [5, 5.41) is 11.6. The molecule has 0 spiro atoms. The van der Waals surface area contributed by atoms with Gasteiger partial charge in [0.2, 0.25) is 5.95 Å². The zero-order valence-electron chi connectivity index (χ0n) is 16.5. The number of carbonyl (C=O) groups is 1. The summed E-state index contributed by atoms with van der Waals surface area (Å²) in [6.45, 7) is 6.68. The van der Waals surface area contributed by atoms with Gasteiger partial charge in [0.1, 0.15) is 0 Å². The zero-order valence-corrected chi connectivity index (χ0v) is 16.5. The minimum Gasteiger partial charge on any atom is -0.339 e. The lowest BCUT2D eigenvalue weighted by atomic mass is 10.1. The molecule has 1 aliphatic heterocycles. The maximum Gasteiger partial charge on any atom is 0.274 e. The van der Waals surface area contributed by atoms with Crippen LogP contribution >= 0.6 is 0 Å². The van der Waals surface area contributed by atoms with Gasteiger partial charge in [-0.3, -0.25) is 4.79 Å². The Morgan fingerprint density at radius 1 is 0.966 bits per heavy atom. The smallest absolute Gasteiger partial charge is 0.274 e. The van der Waals surface area contributed by atoms with Gasteiger partial charge in [-0.2, -0.15) is 0 Å². The number of piperazine rings is 1. The summed E-state index contributed by atoms with van der Waals surface area (Å²) in [7, 11) is 0. The molecule has 8 heteroatoms. The van der Waals surface area contributed by atoms with Crippen LogP contribution in [0.3, 0.4) is 0 Å². The number of rotatable bonds is 4. The van der Waals surface area contributed by atoms with Gasteiger partial charge in [-0.15, -0.1) is 10.2 Å². The third-order valence-corrected chi connectivity index (χ3v) is 4.93. The normalized spacial score (nSPS) is 14.0. The molecule has 1 aliphatic rings. The Balaban J connectivity index is 1.37. The standard InChI is InChI=1S/C21H23N7O/c1-15-4-5-17(16(2)14-15)24-19-7-6-18(25-26-19)20(29)27-10-12-28(13-11-27)21-22-8-3-9-23-21/h3-9,14H,10-13H2,1-2H3,(H,24,26). The molecule has 1 fully saturated rings. The van der Waals surface area contributed by atoms with E-state index in [0.29, 0.717) is 43.6 Å². The van der Waals surface area contributed by atoms with E-state index in [1.54, 1.807) is 35.5 Å². The summed E-state index contributed by atoms with van der Waals surface area (Å²) in [6, 6.07) is 11.5. The van der Waals surface area contributed by atoms with Crippen molar-refractivity contribution in [2.24, 2.45) is 0 Å². The number of hydrogen-bond donors (Lipinski definition) is 1. The molecule has 29 heavy (non-hydrogen) atoms. The van der Waals surface area contributed by atoms with Crippen LogP contribution in [-0.2, 0) is 0 Å². The van der Waals surface area contributed by atoms with Gasteiger partial charge < -0.3 is 15.1 Å². The first-order chi connectivity index (χ1) is 14.1. The van der Waals surface area contributed by atoms with Crippen LogP contribution in [-0.4, -0.2) is 57.2 Å². The number of anilines is 3. The molecule has 2 aromatic heterocycles. The highest BCUT2D eigenvalue weighted by atomic mass is 16.2. The van der Waals surface area contributed by atoms with Crippen molar-refractivity contribution >= 4 is 23.4 Å². The summed E-state index contributed by atoms with van der Waals surface area (Å²) in [4.78, 5) is 25.2. The molecular weight excluding hydrogens is 366 g/mol. The van der Waals surface area contributed by atoms with E-state index in [-0.39, 0.29) is 5.91 Å². The van der Waals surface area contributed by atoms with Crippen LogP contribution in [0.15, 0.2) is 48.8 Å². The van der Waals surface area contributed by atoms with Crippen LogP contribution in [0.1, 0.15) is 21.6 Å². The first kappa shape index (κ1) is 18.8. The Bertz CT molecular complexity index is 984. The lowest BCUT2D eigenvalue weighted by Gasteiger charge is -2.34. The average Bonchev–Trinajstić information content (AvgIpc) is 2.76. The van der Waals surface area contributed by atoms with E-state index in [2.05, 4.69) is 43.4 Å². The van der Waals surface area contributed by atoms with Crippen LogP contribution in [0.4, 0.5) is 17.5 Å². The van der Waals surface area contributed by atoms with Gasteiger partial charge in [0.05, 0.1) is 0 Å². The molecule has 1 aromatic carbocycles. The summed E-state index contributed by atoms with van der Waals surface area (Å²) in [5.41, 5.74) is 3.66. The van der Waals surface area contributed by atoms with E-state index in [4.69, 9.17) is 0 Å². The van der Waals surface area contributed by atoms with Crippen LogP contribution < -0.4 is 10.2 Å². The molecule has 3 aromatic rings. The third-order valence-electron chi connectivity index (χ3n) is 4.93. The number of benzene rings is 1. The summed E-state index contributed by atoms with van der Waals surface area (Å²) in [5.74, 6) is 1.20. The Hall–Kier alpha value is -3.55. The van der Waals surface area contributed by atoms with Gasteiger partial charge in [0.25, 0.3) is 5.91 Å². The summed E-state index contributed by atoms with van der Waals surface area (Å²) in [6.07, 6.45) is 3.45. The molecule has 0 bridgehead atoms. The van der Waals surface area contributed by atoms with Crippen molar-refractivity contribution in [3.63, 3.8) is 0 Å². The monoisotopic (exact) mass is 389 g/mol. The van der Waals surface area contributed by atoms with Crippen molar-refractivity contribution < 1.29 is 4.79 Å². The van der Waals surface area contributed by atoms with E-state index < -0.39 is 0 Å². The van der Waals surface area contributed by atoms with E-state index in [9.17, 15) is 4.79 Å². The van der Waals surface area contributed by atoms with E-state index >= 15 is 0 Å². The Kier molecular flexibility index (Phi) is 5.33. The fourth-order valence-electron chi connectivity index (χ4n) is 3.33. The van der Waals surface area contributed by atoms with Crippen LogP contribution in [0.2, 0.25) is 0 Å². The maximum absolute atomic E-state index is 12.8. The van der Waals surface area contributed by atoms with Crippen molar-refractivity contribution in [1.29, 1.82) is 0 Å². The molecule has 4 rings (SSSR count). The molecule has 3 heterocycles. The molecule has 0 saturated carbocycles. The highest BCUT2D eigenvalue weighted by Crippen LogP contribution is 2.20. The second-order valence-electron chi connectivity index (χ2n) is 7.08. The van der Waals surface area contributed by atoms with Gasteiger partial charge in [-0.25, -0.2) is 9.97 Å². The van der Waals surface area contributed by atoms with Crippen molar-refractivity contribution in [3.05, 3.63) is 65.6 Å². The van der Waals surface area contributed by atoms with Gasteiger partial charge in [-0.05, 0) is 43.7 Å². The van der Waals surface area contributed by atoms with Crippen LogP contribution in [0.25, 0.3) is 0 Å². The van der Waals surface area contributed by atoms with Gasteiger partial charge in [0, 0.05) is 44.3 Å². The van der Waals surface area contributed by atoms with Gasteiger partial charge in [0.15, 0.2) is 11.5 Å². The topological polar surface area (TPSA) is 87.1 Å². The largest absolute Gasteiger partial charge is 0.339 e. The molecular formula is C21H23N7O. The van der Waals surface area contributed by atoms with Crippen molar-refractivity contribution in [2.45, 2.75) is 13.8 Å². The fourth-order valence-corrected chi connectivity index (χ4v) is 3.33. The fraction of sp³-hybridized carbons (Fsp3) is 0.286. The lowest BCUT2D eigenvalue weighted by molar-refractivity contribution is 0.0739. The first-order valence-electron chi connectivity index (χ1n) is 9.59. The second kappa shape index (κ2) is 8.22. The number of nitrogens with one attached hydrogen (secondary N) is 1. The second-order valence-corrected chi connectivity index (χ2v) is 7.08. The minimum atomic E-state index is -0.107. The van der Waals surface area contributed by atoms with E-state index in [1.807, 2.05) is 19.1 Å². The van der Waals surface area contributed by atoms with E-state index in [1.165, 1.54) is 5.56 Å². The molecule has 0 radical (unpaired) electrons. The van der Waals surface area contributed by atoms with Crippen LogP contribution in [0, 0.1) is 13.8 Å². The molecule has 148 valence electrons. The Morgan fingerprint density at radius 3 is 2.38 bits per heavy atom. The highest BCUT2D eigenvalue weighted by molar-refractivity contribution is 5.92. The van der Waals surface area contributed by atoms with Crippen LogP contribution in [0.5, 0.6) is 0 Å². The summed E-state index contributed by atoms with van der Waals surface area (Å²) >= 11 is 0. The number of amides is 1. The number of aromatic nitrogens is 4. The number of aryl methyl sites for hydroxylation is 2. The Labute approximate surface area is 169 Å². The number of carbonyl (C=O) groups excluding carboxylic acids is 1. The number of nitrogens with zero attached hydrogens (tertiary/aromatic N) is 6. The molecule has 1 amide bonds. The summed E-state index contributed by atoms with van der Waals surface area (Å²) < 4.78 is 0. The van der Waals surface area contributed by atoms with Gasteiger partial charge in [-0.1, -0.05) is 17.7 Å². The number of hydrogen-bond acceptors (Lipinski definition) is 7. The molecule has 1 N–H and O–H groups in total. The SMILES string of the molecule is Cc1ccc(Nc2ccc(C(=O)N3CCN(c4ncccn4)CC3)nn2)c(C)c1. The molecule has 0 atom stereocenters. The quantitative estimate of drug-likeness (QED) is 0.734. The lowest BCUT2D eigenvalue weighted by Crippen LogP contribution is -2.49. The van der Waals surface area contributed by atoms with Gasteiger partial charge >= 0.3 is 0 Å². The predicted octanol–water partition coefficient (Wildman–Crippen LogP) is 2.59. The van der Waals surface area contributed by atoms with Crippen molar-refractivity contribution in [1.82, 2.24) is 25.1 Å². The Morgan fingerprint density at radius 2 is 1.72 bits per heavy atom. The molecule has 0 unspecified atom stereocenters. The van der Waals surface area contributed by atoms with Crippen molar-refractivity contribution in [3.8, 4) is 0 Å². The maximum atomic E-state index is 12.8. The predicted molar refractivity (Wildman–Crippen MR) is 111 cm³/mol. The third kappa shape index (κ3) is 4.31. The molecule has 1 saturated heterocycles. The average molecular weight is 389 g/mol. The van der Waals surface area contributed by atoms with E-state index in [0.717, 1.165) is 11.3 Å². The zero-order chi connectivity index (χ0) is 20.2. The minimum absolute atomic E-state index is 0.107. The highest BCUT2D eigenvalue weighted by Gasteiger charge is 2.24. The molecule has 8 nitrogen and oxygen atoms in total. The first-order valence-corrected chi connectivity index (χ1v) is 9.59. The van der Waals surface area contributed by atoms with Crippen molar-refractivity contribution in [2.75, 3.05) is 36.4 Å². The molecule has 0 aliphatic carbocycles.